The molecule has 0 bridgehead atoms. The highest BCUT2D eigenvalue weighted by molar-refractivity contribution is 6.13. The highest BCUT2D eigenvalue weighted by Gasteiger charge is 2.46. The maximum absolute atomic E-state index is 15.4. The Bertz CT molecular complexity index is 3910. The highest BCUT2D eigenvalue weighted by Crippen LogP contribution is 2.46. The predicted octanol–water partition coefficient (Wildman–Crippen LogP) is -0.888. The summed E-state index contributed by atoms with van der Waals surface area (Å²) in [6.07, 6.45) is 3.96. The Morgan fingerprint density at radius 1 is 0.651 bits per heavy atom. The van der Waals surface area contributed by atoms with Crippen LogP contribution >= 0.6 is 0 Å². The van der Waals surface area contributed by atoms with Crippen LogP contribution in [0.1, 0.15) is 90.4 Å². The van der Waals surface area contributed by atoms with Gasteiger partial charge in [0.15, 0.2) is 5.60 Å². The lowest BCUT2D eigenvalue weighted by Gasteiger charge is -2.31. The Balaban J connectivity index is 0.544. The number of pyridine rings is 2. The molecule has 9 amide bonds. The minimum Gasteiger partial charge on any atom is -0.458 e. The van der Waals surface area contributed by atoms with Crippen molar-refractivity contribution >= 4 is 70.0 Å². The highest BCUT2D eigenvalue weighted by atomic mass is 19.1. The molecule has 2 aliphatic carbocycles. The van der Waals surface area contributed by atoms with E-state index in [2.05, 4.69) is 37.2 Å². The normalized spacial score (nSPS) is 18.1. The molecule has 5 aliphatic rings. The van der Waals surface area contributed by atoms with Crippen molar-refractivity contribution in [3.8, 4) is 11.4 Å². The second-order valence-electron chi connectivity index (χ2n) is 26.3. The lowest BCUT2D eigenvalue weighted by molar-refractivity contribution is -0.172. The van der Waals surface area contributed by atoms with Crippen LogP contribution in [-0.4, -0.2) is 255 Å². The molecule has 4 aromatic rings. The number of hydrogen-bond donors (Lipinski definition) is 9. The molecule has 1 fully saturated rings. The first-order valence-corrected chi connectivity index (χ1v) is 36.6. The maximum atomic E-state index is 15.4. The molecular weight excluding hydrogens is 1430 g/mol. The fourth-order valence-electron chi connectivity index (χ4n) is 13.1. The van der Waals surface area contributed by atoms with E-state index < -0.39 is 103 Å². The molecule has 9 N–H and O–H groups in total. The topological polar surface area (TPSA) is 435 Å². The summed E-state index contributed by atoms with van der Waals surface area (Å²) in [5.74, 6) is -6.45. The Hall–Kier alpha value is -9.11. The molecule has 0 spiro atoms. The number of carbonyl (C=O) groups is 10. The zero-order chi connectivity index (χ0) is 77.7. The number of aliphatic hydroxyl groups excluding tert-OH is 1. The number of aliphatic hydroxyl groups is 2. The number of nitrogens with zero attached hydrogens (tertiary/aromatic N) is 3. The quantitative estimate of drug-likeness (QED) is 0.00987. The largest absolute Gasteiger partial charge is 0.458 e. The van der Waals surface area contributed by atoms with E-state index in [-0.39, 0.29) is 116 Å². The molecule has 2 aromatic carbocycles. The molecule has 1 saturated carbocycles. The fraction of sp³-hybridized carbons (Fsp3) is 0.568. The number of benzene rings is 2. The summed E-state index contributed by atoms with van der Waals surface area (Å²) >= 11 is 0. The maximum Gasteiger partial charge on any atom is 0.343 e. The van der Waals surface area contributed by atoms with E-state index in [1.54, 1.807) is 44.2 Å². The van der Waals surface area contributed by atoms with Gasteiger partial charge in [0, 0.05) is 60.2 Å². The standard InChI is InChI=1S/C74H97FN10O24/c1-3-74(98)53-36-58-67-51(42-84(58)71(95)52(53)43-108-73(74)97)66-55(14-13-50-46(2)54(75)37-56(82-67)65(50)66)83-70(94)72(96)109-45-80-60(87)39-79-69(93)57(35-47-7-5-4-6-8-47)81-61(88)40-77-59(86)38-78-62(89)44-107-34-33-106-32-31-105-30-29-104-28-27-103-26-25-102-24-23-101-22-21-100-20-19-99-18-17-76-68(92)49-11-9-48(10-12-49)41-85-63(90)15-16-64(85)91/h4-8,15-16,36-37,48-49,55,57,72,96,98H,3,9-14,17-35,38-45H2,1-2H3,(H,76,92)(H,77,86)(H,78,89)(H,79,93)(H,80,87)(H,81,88)(H,83,94)/t48?,49?,55-,57-,72-,74-/m0/s1. The SMILES string of the molecule is CC[C@@]1(O)C(=O)OCc2c1cc1n(c2=O)Cc2c-1nc1cc(F)c(C)c3c1c2[C@@H](NC(=O)[C@@H](O)OCNC(=O)CNC(=O)[C@H](Cc1ccccc1)NC(=O)CNC(=O)CNC(=O)COCCOCCOCCOCCOCCOCCOCCOCCOCCNC(=O)C1CCC(CN2C(=O)C=CC2=O)CC1)CC3. The summed E-state index contributed by atoms with van der Waals surface area (Å²) in [6, 6.07) is 9.38. The number of ether oxygens (including phenoxy) is 11. The number of halogens is 1. The molecule has 9 rings (SSSR count). The number of cyclic esters (lactones) is 1. The molecule has 0 unspecified atom stereocenters. The first-order valence-electron chi connectivity index (χ1n) is 36.6. The van der Waals surface area contributed by atoms with Gasteiger partial charge in [-0.15, -0.1) is 0 Å². The van der Waals surface area contributed by atoms with Crippen molar-refractivity contribution in [2.45, 2.75) is 102 Å². The number of imide groups is 1. The lowest BCUT2D eigenvalue weighted by Crippen LogP contribution is -2.52. The van der Waals surface area contributed by atoms with Gasteiger partial charge in [0.2, 0.25) is 41.7 Å². The van der Waals surface area contributed by atoms with Crippen molar-refractivity contribution in [1.82, 2.24) is 51.7 Å². The lowest BCUT2D eigenvalue weighted by atomic mass is 9.81. The monoisotopic (exact) mass is 1530 g/mol. The van der Waals surface area contributed by atoms with Gasteiger partial charge in [0.1, 0.15) is 31.8 Å². The van der Waals surface area contributed by atoms with Gasteiger partial charge in [-0.2, -0.15) is 0 Å². The van der Waals surface area contributed by atoms with Crippen LogP contribution in [0.25, 0.3) is 22.3 Å². The van der Waals surface area contributed by atoms with E-state index in [4.69, 9.17) is 57.1 Å². The van der Waals surface area contributed by atoms with Crippen molar-refractivity contribution in [2.24, 2.45) is 11.8 Å². The van der Waals surface area contributed by atoms with Crippen LogP contribution in [0.3, 0.4) is 0 Å². The van der Waals surface area contributed by atoms with Crippen LogP contribution in [-0.2, 0) is 132 Å². The first-order chi connectivity index (χ1) is 52.7. The number of carbonyl (C=O) groups excluding carboxylic acids is 10. The zero-order valence-electron chi connectivity index (χ0n) is 61.2. The number of fused-ring (bicyclic) bond motifs is 5. The van der Waals surface area contributed by atoms with E-state index >= 15 is 4.39 Å². The summed E-state index contributed by atoms with van der Waals surface area (Å²) in [6.45, 7) is 6.78. The van der Waals surface area contributed by atoms with Gasteiger partial charge in [-0.1, -0.05) is 37.3 Å². The summed E-state index contributed by atoms with van der Waals surface area (Å²) < 4.78 is 76.7. The number of esters is 1. The smallest absolute Gasteiger partial charge is 0.343 e. The molecule has 0 saturated heterocycles. The number of aryl methyl sites for hydroxylation is 1. The summed E-state index contributed by atoms with van der Waals surface area (Å²) in [5.41, 5.74) is 1.10. The summed E-state index contributed by atoms with van der Waals surface area (Å²) in [5, 5.41) is 40.7. The van der Waals surface area contributed by atoms with Crippen LogP contribution in [0.15, 0.2) is 59.4 Å². The molecule has 2 aromatic heterocycles. The second-order valence-corrected chi connectivity index (χ2v) is 26.3. The third-order valence-electron chi connectivity index (χ3n) is 19.0. The molecule has 594 valence electrons. The van der Waals surface area contributed by atoms with Crippen LogP contribution in [0, 0.1) is 24.6 Å². The van der Waals surface area contributed by atoms with Gasteiger partial charge in [0.05, 0.1) is 167 Å². The van der Waals surface area contributed by atoms with Crippen LogP contribution in [0.4, 0.5) is 4.39 Å². The molecular formula is C74H97FN10O24. The van der Waals surface area contributed by atoms with Gasteiger partial charge >= 0.3 is 5.97 Å². The van der Waals surface area contributed by atoms with Crippen LogP contribution < -0.4 is 42.8 Å². The van der Waals surface area contributed by atoms with Gasteiger partial charge in [0.25, 0.3) is 23.3 Å². The van der Waals surface area contributed by atoms with Gasteiger partial charge in [-0.25, -0.2) is 14.2 Å². The second kappa shape index (κ2) is 42.7. The van der Waals surface area contributed by atoms with Gasteiger partial charge in [-0.3, -0.25) is 52.8 Å². The average molecular weight is 1530 g/mol. The number of nitrogens with one attached hydrogen (secondary N) is 7. The van der Waals surface area contributed by atoms with E-state index in [0.717, 1.165) is 25.7 Å². The number of rotatable bonds is 48. The van der Waals surface area contributed by atoms with Crippen molar-refractivity contribution < 1.29 is 115 Å². The van der Waals surface area contributed by atoms with Crippen molar-refractivity contribution in [2.75, 3.05) is 158 Å². The Morgan fingerprint density at radius 2 is 1.21 bits per heavy atom. The van der Waals surface area contributed by atoms with Crippen LogP contribution in [0.5, 0.6) is 0 Å². The Labute approximate surface area is 627 Å². The third kappa shape index (κ3) is 24.2. The minimum atomic E-state index is -2.13. The van der Waals surface area contributed by atoms with Gasteiger partial charge in [-0.05, 0) is 86.1 Å². The molecule has 0 radical (unpaired) electrons. The van der Waals surface area contributed by atoms with E-state index in [1.807, 2.05) is 0 Å². The average Bonchev–Trinajstić information content (AvgIpc) is 1.58. The fourth-order valence-corrected chi connectivity index (χ4v) is 13.1. The minimum absolute atomic E-state index is 0.00377. The first kappa shape index (κ1) is 83.9. The third-order valence-corrected chi connectivity index (χ3v) is 19.0. The van der Waals surface area contributed by atoms with E-state index in [1.165, 1.54) is 33.8 Å². The summed E-state index contributed by atoms with van der Waals surface area (Å²) in [7, 11) is 0. The number of aromatic nitrogens is 2. The molecule has 109 heavy (non-hydrogen) atoms. The molecule has 34 nitrogen and oxygen atoms in total. The molecule has 3 aliphatic heterocycles. The van der Waals surface area contributed by atoms with Crippen LogP contribution in [0.2, 0.25) is 0 Å². The number of hydrogen-bond acceptors (Lipinski definition) is 25. The molecule has 4 atom stereocenters. The zero-order valence-corrected chi connectivity index (χ0v) is 61.2. The molecule has 35 heteroatoms. The van der Waals surface area contributed by atoms with Gasteiger partial charge < -0.3 is 104 Å². The Morgan fingerprint density at radius 3 is 1.82 bits per heavy atom. The van der Waals surface area contributed by atoms with E-state index in [9.17, 15) is 63.0 Å². The van der Waals surface area contributed by atoms with Crippen molar-refractivity contribution in [3.63, 3.8) is 0 Å². The Kier molecular flexibility index (Phi) is 32.9. The predicted molar refractivity (Wildman–Crippen MR) is 381 cm³/mol. The van der Waals surface area contributed by atoms with E-state index in [0.29, 0.717) is 145 Å². The van der Waals surface area contributed by atoms with Crippen molar-refractivity contribution in [1.29, 1.82) is 0 Å². The molecule has 5 heterocycles. The van der Waals surface area contributed by atoms with Crippen molar-refractivity contribution in [3.05, 3.63) is 110 Å². The number of amides is 9. The summed E-state index contributed by atoms with van der Waals surface area (Å²) in [4.78, 5) is 147.